The van der Waals surface area contributed by atoms with Crippen molar-refractivity contribution in [3.05, 3.63) is 35.5 Å². The van der Waals surface area contributed by atoms with Crippen LogP contribution in [-0.4, -0.2) is 0 Å². The van der Waals surface area contributed by atoms with Gasteiger partial charge < -0.3 is 0 Å². The van der Waals surface area contributed by atoms with E-state index >= 15 is 0 Å². The zero-order valence-corrected chi connectivity index (χ0v) is 4.69. The minimum absolute atomic E-state index is 1.45. The van der Waals surface area contributed by atoms with Gasteiger partial charge in [-0.25, -0.2) is 0 Å². The van der Waals surface area contributed by atoms with Gasteiger partial charge in [0.25, 0.3) is 0 Å². The van der Waals surface area contributed by atoms with Gasteiger partial charge in [-0.3, -0.25) is 0 Å². The number of rotatable bonds is 2. The third kappa shape index (κ3) is 1.49. The quantitative estimate of drug-likeness (QED) is 0.347. The monoisotopic (exact) mass is 124 g/mol. The largest absolute Gasteiger partial charge is 0.304 e. The van der Waals surface area contributed by atoms with Gasteiger partial charge in [0, 0.05) is 4.91 Å². The summed E-state index contributed by atoms with van der Waals surface area (Å²) in [4.78, 5) is 9.59. The van der Waals surface area contributed by atoms with E-state index in [1.54, 1.807) is 24.5 Å². The van der Waals surface area contributed by atoms with Gasteiger partial charge in [0.1, 0.15) is 12.4 Å². The van der Waals surface area contributed by atoms with Crippen LogP contribution in [0.25, 0.3) is 0 Å². The summed E-state index contributed by atoms with van der Waals surface area (Å²) in [5, 5.41) is 2.47. The smallest absolute Gasteiger partial charge is 0.136 e. The highest BCUT2D eigenvalue weighted by Gasteiger charge is 1.88. The van der Waals surface area contributed by atoms with E-state index in [-0.39, 0.29) is 0 Å². The summed E-state index contributed by atoms with van der Waals surface area (Å²) in [6.07, 6.45) is 3.36. The standard InChI is InChI=1S/C5H5N3O/c9-7-6-8-4-2-1-3-5-8/h1-5H/p+1. The number of nitrogens with one attached hydrogen (secondary N) is 1. The van der Waals surface area contributed by atoms with Crippen molar-refractivity contribution in [1.29, 1.82) is 0 Å². The summed E-state index contributed by atoms with van der Waals surface area (Å²) < 4.78 is 1.45. The second kappa shape index (κ2) is 2.76. The van der Waals surface area contributed by atoms with Crippen LogP contribution in [-0.2, 0) is 0 Å². The van der Waals surface area contributed by atoms with Crippen LogP contribution >= 0.6 is 0 Å². The molecule has 0 radical (unpaired) electrons. The summed E-state index contributed by atoms with van der Waals surface area (Å²) in [6, 6.07) is 5.43. The van der Waals surface area contributed by atoms with Crippen molar-refractivity contribution < 1.29 is 4.68 Å². The first kappa shape index (κ1) is 5.68. The molecule has 0 aliphatic rings. The van der Waals surface area contributed by atoms with E-state index in [9.17, 15) is 4.91 Å². The molecule has 1 aromatic heterocycles. The molecule has 4 nitrogen and oxygen atoms in total. The van der Waals surface area contributed by atoms with Crippen molar-refractivity contribution in [3.8, 4) is 0 Å². The lowest BCUT2D eigenvalue weighted by molar-refractivity contribution is -0.651. The van der Waals surface area contributed by atoms with E-state index in [1.807, 2.05) is 6.07 Å². The number of hydrogen-bond acceptors (Lipinski definition) is 2. The minimum Gasteiger partial charge on any atom is -0.136 e. The van der Waals surface area contributed by atoms with E-state index in [0.717, 1.165) is 0 Å². The topological polar surface area (TPSA) is 45.3 Å². The lowest BCUT2D eigenvalue weighted by Gasteiger charge is -1.86. The molecule has 1 aromatic rings. The molecule has 1 heterocycles. The number of pyridine rings is 1. The molecule has 0 aliphatic carbocycles. The van der Waals surface area contributed by atoms with E-state index in [0.29, 0.717) is 0 Å². The number of nitroso groups, excluding NO2 is 1. The van der Waals surface area contributed by atoms with Crippen LogP contribution in [0.4, 0.5) is 0 Å². The van der Waals surface area contributed by atoms with E-state index < -0.39 is 0 Å². The second-order valence-corrected chi connectivity index (χ2v) is 1.47. The van der Waals surface area contributed by atoms with Crippen LogP contribution in [0.1, 0.15) is 0 Å². The van der Waals surface area contributed by atoms with Crippen molar-refractivity contribution in [2.75, 3.05) is 5.53 Å². The van der Waals surface area contributed by atoms with E-state index in [4.69, 9.17) is 0 Å². The fourth-order valence-electron chi connectivity index (χ4n) is 0.512. The number of hydrogen-bond donors (Lipinski definition) is 1. The van der Waals surface area contributed by atoms with Crippen molar-refractivity contribution in [2.45, 2.75) is 0 Å². The second-order valence-electron chi connectivity index (χ2n) is 1.47. The Bertz CT molecular complexity index is 187. The van der Waals surface area contributed by atoms with Crippen LogP contribution in [0.3, 0.4) is 0 Å². The highest BCUT2D eigenvalue weighted by atomic mass is 16.3. The first-order valence-corrected chi connectivity index (χ1v) is 2.48. The Kier molecular flexibility index (Phi) is 1.74. The molecule has 0 bridgehead atoms. The number of aromatic nitrogens is 1. The van der Waals surface area contributed by atoms with Crippen LogP contribution in [0.5, 0.6) is 0 Å². The van der Waals surface area contributed by atoms with Gasteiger partial charge in [-0.2, -0.15) is 0 Å². The molecule has 0 fully saturated rings. The van der Waals surface area contributed by atoms with Gasteiger partial charge in [0.2, 0.25) is 0 Å². The van der Waals surface area contributed by atoms with E-state index in [1.165, 1.54) is 4.68 Å². The highest BCUT2D eigenvalue weighted by molar-refractivity contribution is 4.83. The average molecular weight is 124 g/mol. The average Bonchev–Trinajstić information content (AvgIpc) is 1.91. The Labute approximate surface area is 52.0 Å². The molecule has 0 amide bonds. The Hall–Kier alpha value is -1.45. The molecule has 0 aliphatic heterocycles. The molecule has 0 spiro atoms. The van der Waals surface area contributed by atoms with Gasteiger partial charge in [-0.1, -0.05) is 6.07 Å². The Morgan fingerprint density at radius 3 is 2.44 bits per heavy atom. The number of nitrogens with zero attached hydrogens (tertiary/aromatic N) is 2. The zero-order valence-electron chi connectivity index (χ0n) is 4.69. The summed E-state index contributed by atoms with van der Waals surface area (Å²) in [5.74, 6) is 0. The first-order chi connectivity index (χ1) is 4.43. The Balaban J connectivity index is 2.72. The van der Waals surface area contributed by atoms with Crippen LogP contribution in [0.15, 0.2) is 35.9 Å². The maximum atomic E-state index is 9.59. The van der Waals surface area contributed by atoms with Gasteiger partial charge >= 0.3 is 5.29 Å². The Morgan fingerprint density at radius 2 is 1.89 bits per heavy atom. The van der Waals surface area contributed by atoms with Crippen LogP contribution in [0, 0.1) is 4.91 Å². The highest BCUT2D eigenvalue weighted by Crippen LogP contribution is 1.73. The van der Waals surface area contributed by atoms with Crippen LogP contribution < -0.4 is 10.2 Å². The van der Waals surface area contributed by atoms with Crippen molar-refractivity contribution in [2.24, 2.45) is 5.29 Å². The molecular weight excluding hydrogens is 118 g/mol. The van der Waals surface area contributed by atoms with Crippen LogP contribution in [0.2, 0.25) is 0 Å². The third-order valence-electron chi connectivity index (χ3n) is 0.872. The molecule has 0 saturated carbocycles. The third-order valence-corrected chi connectivity index (χ3v) is 0.872. The fraction of sp³-hybridized carbons (Fsp3) is 0. The predicted molar refractivity (Wildman–Crippen MR) is 31.8 cm³/mol. The molecule has 0 aromatic carbocycles. The summed E-state index contributed by atoms with van der Waals surface area (Å²) >= 11 is 0. The minimum atomic E-state index is 1.45. The van der Waals surface area contributed by atoms with Gasteiger partial charge in [-0.05, 0) is 17.7 Å². The van der Waals surface area contributed by atoms with Gasteiger partial charge in [-0.15, -0.1) is 4.68 Å². The van der Waals surface area contributed by atoms with Crippen molar-refractivity contribution in [1.82, 2.24) is 0 Å². The maximum Gasteiger partial charge on any atom is 0.304 e. The van der Waals surface area contributed by atoms with Crippen molar-refractivity contribution in [3.63, 3.8) is 0 Å². The predicted octanol–water partition coefficient (Wildman–Crippen LogP) is 0.199. The molecule has 0 atom stereocenters. The lowest BCUT2D eigenvalue weighted by atomic mass is 10.5. The summed E-state index contributed by atoms with van der Waals surface area (Å²) in [6.45, 7) is 0. The molecule has 0 unspecified atom stereocenters. The normalized spacial score (nSPS) is 8.44. The fourth-order valence-corrected chi connectivity index (χ4v) is 0.512. The summed E-state index contributed by atoms with van der Waals surface area (Å²) in [5.41, 5.74) is 2.19. The summed E-state index contributed by atoms with van der Waals surface area (Å²) in [7, 11) is 0. The lowest BCUT2D eigenvalue weighted by Crippen LogP contribution is -2.40. The van der Waals surface area contributed by atoms with E-state index in [2.05, 4.69) is 10.8 Å². The molecule has 9 heavy (non-hydrogen) atoms. The SMILES string of the molecule is O=NN[n+]1ccccc1. The molecule has 4 heteroatoms. The first-order valence-electron chi connectivity index (χ1n) is 2.48. The van der Waals surface area contributed by atoms with Gasteiger partial charge in [0.15, 0.2) is 0 Å². The molecular formula is C5H6N3O+. The maximum absolute atomic E-state index is 9.59. The Morgan fingerprint density at radius 1 is 1.22 bits per heavy atom. The van der Waals surface area contributed by atoms with Gasteiger partial charge in [0.05, 0.1) is 0 Å². The molecule has 1 rings (SSSR count). The molecule has 0 saturated heterocycles. The molecule has 1 N–H and O–H groups in total. The molecule has 46 valence electrons. The van der Waals surface area contributed by atoms with Crippen molar-refractivity contribution >= 4 is 0 Å². The zero-order chi connectivity index (χ0) is 6.53.